The number of ether oxygens (including phenoxy) is 1. The van der Waals surface area contributed by atoms with Crippen LogP contribution in [0.15, 0.2) is 60.8 Å². The Morgan fingerprint density at radius 2 is 1.74 bits per heavy atom. The van der Waals surface area contributed by atoms with Crippen LogP contribution < -0.4 is 0 Å². The molecule has 12 heteroatoms. The Labute approximate surface area is 230 Å². The molecule has 0 aliphatic carbocycles. The summed E-state index contributed by atoms with van der Waals surface area (Å²) in [4.78, 5) is 25.7. The summed E-state index contributed by atoms with van der Waals surface area (Å²) in [6.45, 7) is 0.125. The second kappa shape index (κ2) is 10.8. The van der Waals surface area contributed by atoms with Crippen molar-refractivity contribution in [3.63, 3.8) is 0 Å². The third-order valence-electron chi connectivity index (χ3n) is 6.66. The molecule has 1 aliphatic heterocycles. The quantitative estimate of drug-likeness (QED) is 0.259. The number of halogens is 4. The largest absolute Gasteiger partial charge is 0.471 e. The number of hydrogen-bond donors (Lipinski definition) is 0. The third kappa shape index (κ3) is 5.84. The molecular formula is C27H22ClF3N4O3S. The van der Waals surface area contributed by atoms with Gasteiger partial charge in [0.25, 0.3) is 0 Å². The molecule has 7 nitrogen and oxygen atoms in total. The molecule has 202 valence electrons. The monoisotopic (exact) mass is 574 g/mol. The van der Waals surface area contributed by atoms with Crippen LogP contribution in [0.1, 0.15) is 34.7 Å². The van der Waals surface area contributed by atoms with Gasteiger partial charge in [-0.3, -0.25) is 4.79 Å². The van der Waals surface area contributed by atoms with Crippen molar-refractivity contribution < 1.29 is 27.5 Å². The molecule has 1 fully saturated rings. The molecule has 4 aromatic rings. The fourth-order valence-corrected chi connectivity index (χ4v) is 5.64. The molecule has 3 heterocycles. The lowest BCUT2D eigenvalue weighted by atomic mass is 9.88. The lowest BCUT2D eigenvalue weighted by Gasteiger charge is -2.32. The van der Waals surface area contributed by atoms with Crippen molar-refractivity contribution in [2.45, 2.75) is 24.9 Å². The van der Waals surface area contributed by atoms with E-state index in [1.165, 1.54) is 18.4 Å². The molecule has 0 N–H and O–H groups in total. The van der Waals surface area contributed by atoms with Gasteiger partial charge in [-0.05, 0) is 65.8 Å². The Morgan fingerprint density at radius 1 is 1.03 bits per heavy atom. The zero-order chi connectivity index (χ0) is 27.7. The van der Waals surface area contributed by atoms with E-state index in [0.717, 1.165) is 26.5 Å². The number of aromatic nitrogens is 3. The molecular weight excluding hydrogens is 553 g/mol. The van der Waals surface area contributed by atoms with Gasteiger partial charge in [0.15, 0.2) is 0 Å². The van der Waals surface area contributed by atoms with E-state index in [1.807, 2.05) is 36.4 Å². The lowest BCUT2D eigenvalue weighted by molar-refractivity contribution is -0.186. The van der Waals surface area contributed by atoms with Gasteiger partial charge in [0.05, 0.1) is 33.8 Å². The van der Waals surface area contributed by atoms with E-state index in [4.69, 9.17) is 16.3 Å². The number of amides is 1. The number of carbonyl (C=O) groups excluding carboxylic acids is 2. The number of benzene rings is 2. The van der Waals surface area contributed by atoms with Crippen molar-refractivity contribution in [2.24, 2.45) is 0 Å². The predicted molar refractivity (Wildman–Crippen MR) is 141 cm³/mol. The smallest absolute Gasteiger partial charge is 0.465 e. The highest BCUT2D eigenvalue weighted by atomic mass is 35.5. The van der Waals surface area contributed by atoms with Gasteiger partial charge in [-0.2, -0.15) is 13.2 Å². The Bertz CT molecular complexity index is 1510. The molecule has 2 aromatic heterocycles. The number of esters is 1. The molecule has 1 aliphatic rings. The zero-order valence-corrected chi connectivity index (χ0v) is 22.2. The standard InChI is InChI=1S/C27H22ClF3N4O3S/c1-38-25(36)20-12-19(13-21(14-20)35-15-22(32-33-35)23-6-7-24(28)39-23)17-4-2-16(3-5-17)18-8-10-34(11-9-18)26(37)27(29,30)31/h2-7,12-15,18H,8-11H2,1H3. The molecule has 2 aromatic carbocycles. The summed E-state index contributed by atoms with van der Waals surface area (Å²) >= 11 is 7.43. The van der Waals surface area contributed by atoms with Gasteiger partial charge in [-0.25, -0.2) is 9.48 Å². The second-order valence-electron chi connectivity index (χ2n) is 9.10. The molecule has 1 amide bonds. The van der Waals surface area contributed by atoms with Gasteiger partial charge < -0.3 is 9.64 Å². The van der Waals surface area contributed by atoms with Gasteiger partial charge in [0.2, 0.25) is 0 Å². The maximum atomic E-state index is 12.7. The Morgan fingerprint density at radius 3 is 2.36 bits per heavy atom. The van der Waals surface area contributed by atoms with E-state index in [0.29, 0.717) is 34.1 Å². The fraction of sp³-hybridized carbons (Fsp3) is 0.259. The summed E-state index contributed by atoms with van der Waals surface area (Å²) in [5.41, 5.74) is 4.16. The topological polar surface area (TPSA) is 77.3 Å². The number of alkyl halides is 3. The number of likely N-dealkylation sites (tertiary alicyclic amines) is 1. The summed E-state index contributed by atoms with van der Waals surface area (Å²) in [5, 5.41) is 8.45. The highest BCUT2D eigenvalue weighted by Crippen LogP contribution is 2.33. The van der Waals surface area contributed by atoms with Crippen molar-refractivity contribution in [1.29, 1.82) is 0 Å². The molecule has 0 atom stereocenters. The van der Waals surface area contributed by atoms with E-state index in [-0.39, 0.29) is 19.0 Å². The molecule has 39 heavy (non-hydrogen) atoms. The van der Waals surface area contributed by atoms with Crippen LogP contribution in [-0.4, -0.2) is 58.1 Å². The number of thiophene rings is 1. The third-order valence-corrected chi connectivity index (χ3v) is 7.92. The fourth-order valence-electron chi connectivity index (χ4n) is 4.64. The number of methoxy groups -OCH3 is 1. The van der Waals surface area contributed by atoms with E-state index in [1.54, 1.807) is 29.1 Å². The molecule has 0 saturated carbocycles. The van der Waals surface area contributed by atoms with Crippen molar-refractivity contribution in [3.8, 4) is 27.4 Å². The number of hydrogen-bond acceptors (Lipinski definition) is 6. The molecule has 0 unspecified atom stereocenters. The van der Waals surface area contributed by atoms with Crippen molar-refractivity contribution in [3.05, 3.63) is 76.3 Å². The summed E-state index contributed by atoms with van der Waals surface area (Å²) in [5.74, 6) is -2.23. The van der Waals surface area contributed by atoms with Gasteiger partial charge >= 0.3 is 18.1 Å². The minimum absolute atomic E-state index is 0.0487. The molecule has 1 saturated heterocycles. The minimum atomic E-state index is -4.85. The van der Waals surface area contributed by atoms with E-state index < -0.39 is 18.1 Å². The predicted octanol–water partition coefficient (Wildman–Crippen LogP) is 6.37. The van der Waals surface area contributed by atoms with E-state index in [2.05, 4.69) is 10.3 Å². The molecule has 5 rings (SSSR count). The van der Waals surface area contributed by atoms with Crippen molar-refractivity contribution >= 4 is 34.8 Å². The normalized spacial score (nSPS) is 14.4. The van der Waals surface area contributed by atoms with Crippen LogP contribution in [0, 0.1) is 0 Å². The summed E-state index contributed by atoms with van der Waals surface area (Å²) in [6.07, 6.45) is -2.20. The van der Waals surface area contributed by atoms with Crippen LogP contribution in [-0.2, 0) is 9.53 Å². The SMILES string of the molecule is COC(=O)c1cc(-c2ccc(C3CCN(C(=O)C(F)(F)F)CC3)cc2)cc(-n2cc(-c3ccc(Cl)s3)nn2)c1. The van der Waals surface area contributed by atoms with E-state index in [9.17, 15) is 22.8 Å². The Kier molecular flexibility index (Phi) is 7.46. The van der Waals surface area contributed by atoms with Crippen LogP contribution in [0.3, 0.4) is 0 Å². The average molecular weight is 575 g/mol. The summed E-state index contributed by atoms with van der Waals surface area (Å²) < 4.78 is 45.4. The number of piperidine rings is 1. The van der Waals surface area contributed by atoms with E-state index >= 15 is 0 Å². The molecule has 0 radical (unpaired) electrons. The average Bonchev–Trinajstić information content (AvgIpc) is 3.61. The zero-order valence-electron chi connectivity index (χ0n) is 20.6. The first-order chi connectivity index (χ1) is 18.6. The van der Waals surface area contributed by atoms with Gasteiger partial charge in [0, 0.05) is 13.1 Å². The second-order valence-corrected chi connectivity index (χ2v) is 10.8. The first-order valence-corrected chi connectivity index (χ1v) is 13.2. The first-order valence-electron chi connectivity index (χ1n) is 12.0. The van der Waals surface area contributed by atoms with Crippen LogP contribution in [0.5, 0.6) is 0 Å². The van der Waals surface area contributed by atoms with Crippen LogP contribution >= 0.6 is 22.9 Å². The van der Waals surface area contributed by atoms with Gasteiger partial charge in [-0.15, -0.1) is 16.4 Å². The molecule has 0 spiro atoms. The maximum Gasteiger partial charge on any atom is 0.471 e. The first kappa shape index (κ1) is 26.9. The van der Waals surface area contributed by atoms with Crippen LogP contribution in [0.2, 0.25) is 4.34 Å². The van der Waals surface area contributed by atoms with Crippen molar-refractivity contribution in [1.82, 2.24) is 19.9 Å². The highest BCUT2D eigenvalue weighted by molar-refractivity contribution is 7.19. The van der Waals surface area contributed by atoms with Gasteiger partial charge in [-0.1, -0.05) is 41.1 Å². The Balaban J connectivity index is 1.38. The van der Waals surface area contributed by atoms with Crippen LogP contribution in [0.4, 0.5) is 13.2 Å². The maximum absolute atomic E-state index is 12.7. The van der Waals surface area contributed by atoms with Gasteiger partial charge in [0.1, 0.15) is 5.69 Å². The summed E-state index contributed by atoms with van der Waals surface area (Å²) in [6, 6.07) is 16.6. The Hall–Kier alpha value is -3.70. The lowest BCUT2D eigenvalue weighted by Crippen LogP contribution is -2.45. The molecule has 0 bridgehead atoms. The number of carbonyl (C=O) groups is 2. The highest BCUT2D eigenvalue weighted by Gasteiger charge is 2.43. The van der Waals surface area contributed by atoms with Crippen LogP contribution in [0.25, 0.3) is 27.4 Å². The number of rotatable bonds is 5. The number of nitrogens with zero attached hydrogens (tertiary/aromatic N) is 4. The summed E-state index contributed by atoms with van der Waals surface area (Å²) in [7, 11) is 1.31. The minimum Gasteiger partial charge on any atom is -0.465 e. The van der Waals surface area contributed by atoms with Crippen molar-refractivity contribution in [2.75, 3.05) is 20.2 Å².